The number of rotatable bonds is 4. The Kier molecular flexibility index (Phi) is 5.04. The number of anilines is 1. The van der Waals surface area contributed by atoms with Crippen LogP contribution in [0.15, 0.2) is 70.9 Å². The summed E-state index contributed by atoms with van der Waals surface area (Å²) in [5, 5.41) is 11.1. The third-order valence-electron chi connectivity index (χ3n) is 5.38. The lowest BCUT2D eigenvalue weighted by atomic mass is 9.98. The molecule has 1 atom stereocenters. The quantitative estimate of drug-likeness (QED) is 0.376. The lowest BCUT2D eigenvalue weighted by Crippen LogP contribution is -2.29. The highest BCUT2D eigenvalue weighted by atomic mass is 16.3. The van der Waals surface area contributed by atoms with E-state index in [-0.39, 0.29) is 11.3 Å². The molecule has 1 saturated heterocycles. The van der Waals surface area contributed by atoms with E-state index in [0.717, 1.165) is 23.1 Å². The first-order valence-corrected chi connectivity index (χ1v) is 9.92. The molecule has 0 radical (unpaired) electrons. The van der Waals surface area contributed by atoms with E-state index >= 15 is 0 Å². The van der Waals surface area contributed by atoms with Gasteiger partial charge in [0.05, 0.1) is 11.8 Å². The van der Waals surface area contributed by atoms with Crippen LogP contribution in [0.2, 0.25) is 0 Å². The van der Waals surface area contributed by atoms with Crippen molar-refractivity contribution in [3.05, 3.63) is 94.4 Å². The minimum absolute atomic E-state index is 0.0263. The molecule has 5 heteroatoms. The number of hydrogen-bond donors (Lipinski definition) is 1. The highest BCUT2D eigenvalue weighted by molar-refractivity contribution is 6.51. The Balaban J connectivity index is 1.91. The summed E-state index contributed by atoms with van der Waals surface area (Å²) in [4.78, 5) is 27.5. The number of carbonyl (C=O) groups is 2. The van der Waals surface area contributed by atoms with Gasteiger partial charge in [0.2, 0.25) is 0 Å². The fourth-order valence-corrected chi connectivity index (χ4v) is 3.96. The van der Waals surface area contributed by atoms with Crippen molar-refractivity contribution in [1.82, 2.24) is 0 Å². The summed E-state index contributed by atoms with van der Waals surface area (Å²) in [5.74, 6) is -1.20. The number of ketones is 1. The smallest absolute Gasteiger partial charge is 0.300 e. The van der Waals surface area contributed by atoms with E-state index in [2.05, 4.69) is 0 Å². The summed E-state index contributed by atoms with van der Waals surface area (Å²) in [5.41, 5.74) is 4.17. The molecule has 1 amide bonds. The van der Waals surface area contributed by atoms with Crippen molar-refractivity contribution in [2.75, 3.05) is 4.90 Å². The van der Waals surface area contributed by atoms with Crippen molar-refractivity contribution >= 4 is 23.1 Å². The van der Waals surface area contributed by atoms with Crippen LogP contribution in [0, 0.1) is 13.8 Å². The van der Waals surface area contributed by atoms with Crippen LogP contribution in [0.1, 0.15) is 41.0 Å². The standard InChI is InChI=1S/C25H23NO4/c1-4-17-7-9-18(10-8-17)23(27)21-22(20-6-5-11-30-20)26(25(29)24(21)28)19-13-15(2)12-16(3)14-19/h5-14,22,27H,4H2,1-3H3/b23-21-. The molecule has 0 saturated carbocycles. The number of nitrogens with zero attached hydrogens (tertiary/aromatic N) is 1. The predicted octanol–water partition coefficient (Wildman–Crippen LogP) is 5.09. The zero-order valence-electron chi connectivity index (χ0n) is 17.2. The first-order valence-electron chi connectivity index (χ1n) is 9.92. The van der Waals surface area contributed by atoms with Gasteiger partial charge in [0.1, 0.15) is 17.6 Å². The van der Waals surface area contributed by atoms with Gasteiger partial charge in [0.15, 0.2) is 0 Å². The fraction of sp³-hybridized carbons (Fsp3) is 0.200. The first-order chi connectivity index (χ1) is 14.4. The second-order valence-electron chi connectivity index (χ2n) is 7.58. The molecule has 152 valence electrons. The number of hydrogen-bond acceptors (Lipinski definition) is 4. The molecule has 1 N–H and O–H groups in total. The molecule has 30 heavy (non-hydrogen) atoms. The zero-order valence-corrected chi connectivity index (χ0v) is 17.2. The molecule has 3 aromatic rings. The van der Waals surface area contributed by atoms with Crippen LogP contribution in [0.25, 0.3) is 5.76 Å². The van der Waals surface area contributed by atoms with Gasteiger partial charge in [-0.2, -0.15) is 0 Å². The summed E-state index contributed by atoms with van der Waals surface area (Å²) < 4.78 is 5.59. The van der Waals surface area contributed by atoms with Gasteiger partial charge in [-0.1, -0.05) is 37.3 Å². The Bertz CT molecular complexity index is 1120. The van der Waals surface area contributed by atoms with Crippen LogP contribution in [-0.4, -0.2) is 16.8 Å². The number of aliphatic hydroxyl groups is 1. The van der Waals surface area contributed by atoms with Crippen LogP contribution in [0.3, 0.4) is 0 Å². The number of amides is 1. The molecule has 1 fully saturated rings. The van der Waals surface area contributed by atoms with Crippen molar-refractivity contribution < 1.29 is 19.1 Å². The van der Waals surface area contributed by atoms with E-state index in [1.54, 1.807) is 24.3 Å². The van der Waals surface area contributed by atoms with Gasteiger partial charge in [0, 0.05) is 11.3 Å². The minimum atomic E-state index is -0.841. The van der Waals surface area contributed by atoms with E-state index in [9.17, 15) is 14.7 Å². The van der Waals surface area contributed by atoms with Gasteiger partial charge in [-0.3, -0.25) is 14.5 Å². The van der Waals surface area contributed by atoms with Crippen LogP contribution < -0.4 is 4.90 Å². The largest absolute Gasteiger partial charge is 0.507 e. The van der Waals surface area contributed by atoms with E-state index in [1.165, 1.54) is 11.2 Å². The maximum absolute atomic E-state index is 13.1. The molecule has 0 bridgehead atoms. The van der Waals surface area contributed by atoms with Gasteiger partial charge in [-0.25, -0.2) is 0 Å². The van der Waals surface area contributed by atoms with Gasteiger partial charge in [0.25, 0.3) is 11.7 Å². The molecule has 2 heterocycles. The topological polar surface area (TPSA) is 70.8 Å². The van der Waals surface area contributed by atoms with E-state index in [4.69, 9.17) is 4.42 Å². The summed E-state index contributed by atoms with van der Waals surface area (Å²) in [6.07, 6.45) is 2.36. The molecule has 5 nitrogen and oxygen atoms in total. The van der Waals surface area contributed by atoms with Crippen LogP contribution in [0.5, 0.6) is 0 Å². The SMILES string of the molecule is CCc1ccc(/C(O)=C2/C(=O)C(=O)N(c3cc(C)cc(C)c3)C2c2ccco2)cc1. The Morgan fingerprint density at radius 1 is 1.03 bits per heavy atom. The molecule has 1 unspecified atom stereocenters. The van der Waals surface area contributed by atoms with Crippen LogP contribution >= 0.6 is 0 Å². The number of aliphatic hydroxyl groups excluding tert-OH is 1. The molecule has 0 spiro atoms. The third kappa shape index (κ3) is 3.32. The predicted molar refractivity (Wildman–Crippen MR) is 115 cm³/mol. The van der Waals surface area contributed by atoms with Crippen molar-refractivity contribution in [3.63, 3.8) is 0 Å². The second-order valence-corrected chi connectivity index (χ2v) is 7.58. The molecule has 1 aromatic heterocycles. The average molecular weight is 401 g/mol. The number of aryl methyl sites for hydroxylation is 3. The Morgan fingerprint density at radius 2 is 1.70 bits per heavy atom. The lowest BCUT2D eigenvalue weighted by Gasteiger charge is -2.24. The number of carbonyl (C=O) groups excluding carboxylic acids is 2. The van der Waals surface area contributed by atoms with E-state index in [1.807, 2.05) is 51.1 Å². The highest BCUT2D eigenvalue weighted by Gasteiger charge is 2.48. The van der Waals surface area contributed by atoms with Crippen molar-refractivity contribution in [1.29, 1.82) is 0 Å². The maximum atomic E-state index is 13.1. The summed E-state index contributed by atoms with van der Waals surface area (Å²) >= 11 is 0. The third-order valence-corrected chi connectivity index (χ3v) is 5.38. The van der Waals surface area contributed by atoms with Gasteiger partial charge >= 0.3 is 0 Å². The monoisotopic (exact) mass is 401 g/mol. The average Bonchev–Trinajstić information content (AvgIpc) is 3.34. The van der Waals surface area contributed by atoms with Crippen molar-refractivity contribution in [2.45, 2.75) is 33.2 Å². The molecule has 1 aliphatic rings. The van der Waals surface area contributed by atoms with Crippen LogP contribution in [-0.2, 0) is 16.0 Å². The summed E-state index contributed by atoms with van der Waals surface area (Å²) in [6, 6.07) is 15.6. The Hall–Kier alpha value is -3.60. The van der Waals surface area contributed by atoms with Crippen molar-refractivity contribution in [3.8, 4) is 0 Å². The van der Waals surface area contributed by atoms with Crippen molar-refractivity contribution in [2.24, 2.45) is 0 Å². The second kappa shape index (κ2) is 7.67. The normalized spacial score (nSPS) is 18.2. The number of furan rings is 1. The molecular weight excluding hydrogens is 378 g/mol. The Morgan fingerprint density at radius 3 is 2.27 bits per heavy atom. The summed E-state index contributed by atoms with van der Waals surface area (Å²) in [6.45, 7) is 5.91. The van der Waals surface area contributed by atoms with E-state index < -0.39 is 17.7 Å². The molecule has 1 aliphatic heterocycles. The molecule has 0 aliphatic carbocycles. The molecule has 4 rings (SSSR count). The fourth-order valence-electron chi connectivity index (χ4n) is 3.96. The Labute approximate surface area is 175 Å². The van der Waals surface area contributed by atoms with Crippen LogP contribution in [0.4, 0.5) is 5.69 Å². The summed E-state index contributed by atoms with van der Waals surface area (Å²) in [7, 11) is 0. The first kappa shape index (κ1) is 19.7. The van der Waals surface area contributed by atoms with E-state index in [0.29, 0.717) is 17.0 Å². The lowest BCUT2D eigenvalue weighted by molar-refractivity contribution is -0.132. The van der Waals surface area contributed by atoms with Gasteiger partial charge in [-0.05, 0) is 61.2 Å². The highest BCUT2D eigenvalue weighted by Crippen LogP contribution is 2.42. The number of Topliss-reactive ketones (excluding diaryl/α,β-unsaturated/α-hetero) is 1. The minimum Gasteiger partial charge on any atom is -0.507 e. The van der Waals surface area contributed by atoms with Gasteiger partial charge < -0.3 is 9.52 Å². The van der Waals surface area contributed by atoms with Gasteiger partial charge in [-0.15, -0.1) is 0 Å². The zero-order chi connectivity index (χ0) is 21.4. The molecular formula is C25H23NO4. The molecule has 2 aromatic carbocycles. The maximum Gasteiger partial charge on any atom is 0.300 e. The number of benzene rings is 2.